The lowest BCUT2D eigenvalue weighted by atomic mass is 10.0. The fraction of sp³-hybridized carbons (Fsp3) is 0.273. The number of aromatic amines is 1. The van der Waals surface area contributed by atoms with Crippen LogP contribution < -0.4 is 15.0 Å². The molecule has 2 heterocycles. The van der Waals surface area contributed by atoms with Crippen molar-refractivity contribution in [2.75, 3.05) is 25.1 Å². The van der Waals surface area contributed by atoms with Gasteiger partial charge in [0.1, 0.15) is 5.75 Å². The average Bonchev–Trinajstić information content (AvgIpc) is 3.26. The normalized spacial score (nSPS) is 16.4. The molecule has 1 amide bonds. The Labute approximate surface area is 172 Å². The minimum atomic E-state index is -1.03. The van der Waals surface area contributed by atoms with Crippen molar-refractivity contribution in [3.63, 3.8) is 0 Å². The summed E-state index contributed by atoms with van der Waals surface area (Å²) in [5.74, 6) is -0.833. The van der Waals surface area contributed by atoms with Gasteiger partial charge in [-0.15, -0.1) is 0 Å². The topological polar surface area (TPSA) is 70.2 Å². The zero-order valence-electron chi connectivity index (χ0n) is 16.5. The second-order valence-corrected chi connectivity index (χ2v) is 7.26. The Kier molecular flexibility index (Phi) is 5.65. The number of hydrogen-bond acceptors (Lipinski definition) is 4. The summed E-state index contributed by atoms with van der Waals surface area (Å²) in [6, 6.07) is 12.7. The van der Waals surface area contributed by atoms with Crippen LogP contribution in [0, 0.1) is 11.6 Å². The molecule has 2 N–H and O–H groups in total. The van der Waals surface area contributed by atoms with Crippen LogP contribution in [-0.4, -0.2) is 42.3 Å². The molecule has 156 valence electrons. The maximum Gasteiger partial charge on any atom is 0.251 e. The van der Waals surface area contributed by atoms with Crippen molar-refractivity contribution in [2.45, 2.75) is 18.9 Å². The van der Waals surface area contributed by atoms with Crippen LogP contribution in [-0.2, 0) is 0 Å². The Morgan fingerprint density at radius 3 is 2.70 bits per heavy atom. The lowest BCUT2D eigenvalue weighted by Gasteiger charge is -2.33. The second kappa shape index (κ2) is 8.52. The van der Waals surface area contributed by atoms with E-state index in [1.54, 1.807) is 7.11 Å². The van der Waals surface area contributed by atoms with Crippen molar-refractivity contribution in [1.29, 1.82) is 0 Å². The summed E-state index contributed by atoms with van der Waals surface area (Å²) >= 11 is 0. The summed E-state index contributed by atoms with van der Waals surface area (Å²) in [6.45, 7) is 1.41. The molecule has 3 aromatic rings. The molecule has 4 rings (SSSR count). The number of nitrogens with one attached hydrogen (secondary N) is 2. The summed E-state index contributed by atoms with van der Waals surface area (Å²) in [7, 11) is 1.63. The number of rotatable bonds is 5. The van der Waals surface area contributed by atoms with E-state index in [9.17, 15) is 13.6 Å². The third kappa shape index (κ3) is 4.27. The van der Waals surface area contributed by atoms with Gasteiger partial charge in [-0.05, 0) is 60.9 Å². The molecule has 1 aliphatic heterocycles. The van der Waals surface area contributed by atoms with Crippen molar-refractivity contribution in [3.8, 4) is 17.0 Å². The number of carbonyl (C=O) groups excluding carboxylic acids is 1. The number of carbonyl (C=O) groups is 1. The highest BCUT2D eigenvalue weighted by Gasteiger charge is 2.24. The number of hydrogen-bond donors (Lipinski definition) is 2. The van der Waals surface area contributed by atoms with Crippen molar-refractivity contribution < 1.29 is 18.3 Å². The van der Waals surface area contributed by atoms with E-state index >= 15 is 0 Å². The van der Waals surface area contributed by atoms with E-state index in [2.05, 4.69) is 20.4 Å². The van der Waals surface area contributed by atoms with Gasteiger partial charge in [-0.1, -0.05) is 0 Å². The van der Waals surface area contributed by atoms with Gasteiger partial charge in [0.05, 0.1) is 12.8 Å². The molecule has 0 radical (unpaired) electrons. The summed E-state index contributed by atoms with van der Waals surface area (Å²) in [5.41, 5.74) is 1.99. The molecule has 1 unspecified atom stereocenters. The molecule has 1 aliphatic rings. The van der Waals surface area contributed by atoms with Gasteiger partial charge in [-0.2, -0.15) is 5.10 Å². The second-order valence-electron chi connectivity index (χ2n) is 7.26. The van der Waals surface area contributed by atoms with Gasteiger partial charge in [-0.25, -0.2) is 8.78 Å². The zero-order valence-corrected chi connectivity index (χ0v) is 16.5. The number of methoxy groups -OCH3 is 1. The molecule has 0 aliphatic carbocycles. The fourth-order valence-corrected chi connectivity index (χ4v) is 3.60. The van der Waals surface area contributed by atoms with Crippen LogP contribution in [0.15, 0.2) is 48.5 Å². The highest BCUT2D eigenvalue weighted by atomic mass is 19.2. The van der Waals surface area contributed by atoms with Crippen LogP contribution in [0.25, 0.3) is 11.3 Å². The minimum Gasteiger partial charge on any atom is -0.497 e. The third-order valence-electron chi connectivity index (χ3n) is 5.23. The highest BCUT2D eigenvalue weighted by Crippen LogP contribution is 2.25. The number of aromatic nitrogens is 2. The molecule has 6 nitrogen and oxygen atoms in total. The van der Waals surface area contributed by atoms with E-state index in [1.807, 2.05) is 30.3 Å². The molecule has 1 atom stereocenters. The zero-order chi connectivity index (χ0) is 21.1. The molecule has 1 saturated heterocycles. The van der Waals surface area contributed by atoms with E-state index in [0.29, 0.717) is 6.54 Å². The maximum absolute atomic E-state index is 13.4. The van der Waals surface area contributed by atoms with E-state index in [0.717, 1.165) is 54.3 Å². The lowest BCUT2D eigenvalue weighted by Crippen LogP contribution is -2.48. The summed E-state index contributed by atoms with van der Waals surface area (Å²) < 4.78 is 31.7. The first-order valence-electron chi connectivity index (χ1n) is 9.74. The lowest BCUT2D eigenvalue weighted by molar-refractivity contribution is 0.0932. The smallest absolute Gasteiger partial charge is 0.251 e. The van der Waals surface area contributed by atoms with Crippen molar-refractivity contribution in [3.05, 3.63) is 65.7 Å². The number of H-pyrrole nitrogens is 1. The Balaban J connectivity index is 1.42. The molecule has 30 heavy (non-hydrogen) atoms. The fourth-order valence-electron chi connectivity index (χ4n) is 3.60. The maximum atomic E-state index is 13.4. The van der Waals surface area contributed by atoms with E-state index in [4.69, 9.17) is 4.74 Å². The number of nitrogens with zero attached hydrogens (tertiary/aromatic N) is 2. The van der Waals surface area contributed by atoms with Crippen LogP contribution in [0.1, 0.15) is 23.2 Å². The average molecular weight is 412 g/mol. The van der Waals surface area contributed by atoms with Crippen LogP contribution >= 0.6 is 0 Å². The predicted molar refractivity (Wildman–Crippen MR) is 110 cm³/mol. The van der Waals surface area contributed by atoms with Crippen molar-refractivity contribution in [2.24, 2.45) is 0 Å². The molecule has 0 bridgehead atoms. The van der Waals surface area contributed by atoms with Crippen LogP contribution in [0.5, 0.6) is 5.75 Å². The molecule has 0 spiro atoms. The largest absolute Gasteiger partial charge is 0.497 e. The number of benzene rings is 2. The summed E-state index contributed by atoms with van der Waals surface area (Å²) in [4.78, 5) is 14.5. The number of ether oxygens (including phenoxy) is 1. The third-order valence-corrected chi connectivity index (χ3v) is 5.23. The predicted octanol–water partition coefficient (Wildman–Crippen LogP) is 3.76. The van der Waals surface area contributed by atoms with Crippen molar-refractivity contribution in [1.82, 2.24) is 15.5 Å². The Bertz CT molecular complexity index is 1040. The van der Waals surface area contributed by atoms with E-state index in [-0.39, 0.29) is 11.6 Å². The van der Waals surface area contributed by atoms with Gasteiger partial charge in [0, 0.05) is 30.8 Å². The van der Waals surface area contributed by atoms with E-state index < -0.39 is 17.5 Å². The number of halogens is 2. The van der Waals surface area contributed by atoms with Crippen LogP contribution in [0.2, 0.25) is 0 Å². The van der Waals surface area contributed by atoms with Gasteiger partial charge < -0.3 is 15.0 Å². The number of anilines is 1. The first-order chi connectivity index (χ1) is 14.5. The molecular weight excluding hydrogens is 390 g/mol. The molecule has 2 aromatic carbocycles. The first kappa shape index (κ1) is 19.9. The minimum absolute atomic E-state index is 0.104. The van der Waals surface area contributed by atoms with Crippen LogP contribution in [0.4, 0.5) is 14.6 Å². The van der Waals surface area contributed by atoms with Gasteiger partial charge in [0.2, 0.25) is 0 Å². The number of piperidine rings is 1. The highest BCUT2D eigenvalue weighted by molar-refractivity contribution is 5.94. The van der Waals surface area contributed by atoms with Gasteiger partial charge in [0.15, 0.2) is 17.5 Å². The SMILES string of the molecule is COc1ccc(-c2cc(N3CCCC(NC(=O)c4ccc(F)c(F)c4)C3)n[nH]2)cc1. The van der Waals surface area contributed by atoms with E-state index in [1.165, 1.54) is 6.07 Å². The number of amides is 1. The molecule has 1 aromatic heterocycles. The van der Waals surface area contributed by atoms with Gasteiger partial charge >= 0.3 is 0 Å². The standard InChI is InChI=1S/C22H22F2N4O2/c1-30-17-7-4-14(5-8-17)20-12-21(27-26-20)28-10-2-3-16(13-28)25-22(29)15-6-9-18(23)19(24)11-15/h4-9,11-12,16H,2-3,10,13H2,1H3,(H,25,29)(H,26,27). The summed E-state index contributed by atoms with van der Waals surface area (Å²) in [5, 5.41) is 10.4. The first-order valence-corrected chi connectivity index (χ1v) is 9.74. The molecular formula is C22H22F2N4O2. The quantitative estimate of drug-likeness (QED) is 0.670. The Morgan fingerprint density at radius 1 is 1.17 bits per heavy atom. The monoisotopic (exact) mass is 412 g/mol. The van der Waals surface area contributed by atoms with Crippen LogP contribution in [0.3, 0.4) is 0 Å². The Hall–Kier alpha value is -3.42. The van der Waals surface area contributed by atoms with Gasteiger partial charge in [-0.3, -0.25) is 9.89 Å². The Morgan fingerprint density at radius 2 is 1.97 bits per heavy atom. The van der Waals surface area contributed by atoms with Gasteiger partial charge in [0.25, 0.3) is 5.91 Å². The van der Waals surface area contributed by atoms with Crippen molar-refractivity contribution >= 4 is 11.7 Å². The summed E-state index contributed by atoms with van der Waals surface area (Å²) in [6.07, 6.45) is 1.69. The molecule has 1 fully saturated rings. The molecule has 8 heteroatoms. The molecule has 0 saturated carbocycles.